The number of nitrogens with zero attached hydrogens (tertiary/aromatic N) is 3. The standard InChI is InChI=1S/C16H25N.C14H19FN2O/c1-6-17-10-9-14-11-13(12(2)3)7-8-15(14)16(17,4)5;1-16(2)14(18)10-17-6-5-12-4-3-11(8-15)7-13(12)9-17/h7-8,11-12H,6,9-10H2,1-5H3;3-4,7H,5-6,8-10H2,1-2H3. The third kappa shape index (κ3) is 6.50. The topological polar surface area (TPSA) is 26.8 Å². The summed E-state index contributed by atoms with van der Waals surface area (Å²) in [5.41, 5.74) is 7.90. The predicted molar refractivity (Wildman–Crippen MR) is 143 cm³/mol. The zero-order chi connectivity index (χ0) is 25.8. The Labute approximate surface area is 212 Å². The Morgan fingerprint density at radius 1 is 1.03 bits per heavy atom. The Morgan fingerprint density at radius 2 is 1.74 bits per heavy atom. The van der Waals surface area contributed by atoms with Crippen molar-refractivity contribution in [3.8, 4) is 0 Å². The van der Waals surface area contributed by atoms with E-state index in [0.29, 0.717) is 12.5 Å². The summed E-state index contributed by atoms with van der Waals surface area (Å²) in [6.45, 7) is 15.5. The van der Waals surface area contributed by atoms with Gasteiger partial charge in [-0.25, -0.2) is 4.39 Å². The molecule has 0 radical (unpaired) electrons. The summed E-state index contributed by atoms with van der Waals surface area (Å²) in [5.74, 6) is 0.743. The fraction of sp³-hybridized carbons (Fsp3) is 0.567. The van der Waals surface area contributed by atoms with Gasteiger partial charge < -0.3 is 4.90 Å². The van der Waals surface area contributed by atoms with Crippen LogP contribution in [0.15, 0.2) is 36.4 Å². The Kier molecular flexibility index (Phi) is 9.11. The van der Waals surface area contributed by atoms with E-state index in [9.17, 15) is 9.18 Å². The van der Waals surface area contributed by atoms with E-state index in [1.54, 1.807) is 24.6 Å². The number of halogens is 1. The van der Waals surface area contributed by atoms with Gasteiger partial charge in [-0.05, 0) is 72.5 Å². The normalized spacial score (nSPS) is 17.3. The zero-order valence-electron chi connectivity index (χ0n) is 22.8. The number of alkyl halides is 1. The van der Waals surface area contributed by atoms with Crippen LogP contribution in [0.5, 0.6) is 0 Å². The van der Waals surface area contributed by atoms with E-state index in [1.807, 2.05) is 18.2 Å². The summed E-state index contributed by atoms with van der Waals surface area (Å²) in [6.07, 6.45) is 2.13. The van der Waals surface area contributed by atoms with Gasteiger partial charge in [-0.2, -0.15) is 0 Å². The number of hydrogen-bond donors (Lipinski definition) is 0. The largest absolute Gasteiger partial charge is 0.348 e. The van der Waals surface area contributed by atoms with E-state index < -0.39 is 6.67 Å². The summed E-state index contributed by atoms with van der Waals surface area (Å²) < 4.78 is 12.6. The Bertz CT molecular complexity index is 1010. The summed E-state index contributed by atoms with van der Waals surface area (Å²) in [5, 5.41) is 0. The summed E-state index contributed by atoms with van der Waals surface area (Å²) in [6, 6.07) is 12.9. The molecule has 0 aromatic heterocycles. The maximum atomic E-state index is 12.6. The molecule has 2 aromatic rings. The van der Waals surface area contributed by atoms with Crippen LogP contribution in [0.1, 0.15) is 73.9 Å². The highest BCUT2D eigenvalue weighted by molar-refractivity contribution is 5.77. The van der Waals surface area contributed by atoms with Crippen LogP contribution in [0.2, 0.25) is 0 Å². The Balaban J connectivity index is 0.000000196. The molecule has 2 aliphatic heterocycles. The number of carbonyl (C=O) groups is 1. The van der Waals surface area contributed by atoms with Gasteiger partial charge in [0.05, 0.1) is 6.54 Å². The van der Waals surface area contributed by atoms with Gasteiger partial charge in [0.1, 0.15) is 6.67 Å². The van der Waals surface area contributed by atoms with Crippen molar-refractivity contribution in [1.29, 1.82) is 0 Å². The van der Waals surface area contributed by atoms with E-state index in [2.05, 4.69) is 62.6 Å². The van der Waals surface area contributed by atoms with Crippen molar-refractivity contribution in [2.45, 2.75) is 72.1 Å². The number of amides is 1. The maximum absolute atomic E-state index is 12.6. The van der Waals surface area contributed by atoms with Crippen molar-refractivity contribution in [2.75, 3.05) is 40.3 Å². The average molecular weight is 482 g/mol. The van der Waals surface area contributed by atoms with E-state index >= 15 is 0 Å². The summed E-state index contributed by atoms with van der Waals surface area (Å²) in [4.78, 5) is 18.0. The quantitative estimate of drug-likeness (QED) is 0.562. The van der Waals surface area contributed by atoms with E-state index in [1.165, 1.54) is 29.7 Å². The van der Waals surface area contributed by atoms with Gasteiger partial charge in [0.2, 0.25) is 5.91 Å². The lowest BCUT2D eigenvalue weighted by Crippen LogP contribution is -2.46. The van der Waals surface area contributed by atoms with Gasteiger partial charge in [-0.3, -0.25) is 14.6 Å². The number of carbonyl (C=O) groups excluding carboxylic acids is 1. The molecule has 0 saturated heterocycles. The van der Waals surface area contributed by atoms with Gasteiger partial charge in [0.25, 0.3) is 0 Å². The average Bonchev–Trinajstić information content (AvgIpc) is 2.83. The molecule has 192 valence electrons. The highest BCUT2D eigenvalue weighted by Crippen LogP contribution is 2.36. The first-order valence-electron chi connectivity index (χ1n) is 13.0. The van der Waals surface area contributed by atoms with Crippen molar-refractivity contribution in [3.63, 3.8) is 0 Å². The highest BCUT2D eigenvalue weighted by atomic mass is 19.1. The second-order valence-corrected chi connectivity index (χ2v) is 10.9. The monoisotopic (exact) mass is 481 g/mol. The molecule has 0 saturated carbocycles. The van der Waals surface area contributed by atoms with Crippen molar-refractivity contribution in [1.82, 2.24) is 14.7 Å². The minimum absolute atomic E-state index is 0.111. The summed E-state index contributed by atoms with van der Waals surface area (Å²) >= 11 is 0. The van der Waals surface area contributed by atoms with Crippen LogP contribution < -0.4 is 0 Å². The molecule has 2 aliphatic rings. The van der Waals surface area contributed by atoms with Gasteiger partial charge >= 0.3 is 0 Å². The van der Waals surface area contributed by atoms with Crippen LogP contribution in [0.3, 0.4) is 0 Å². The first-order chi connectivity index (χ1) is 16.6. The first kappa shape index (κ1) is 27.3. The molecular weight excluding hydrogens is 437 g/mol. The van der Waals surface area contributed by atoms with Gasteiger partial charge in [0, 0.05) is 39.3 Å². The van der Waals surface area contributed by atoms with Crippen molar-refractivity contribution in [2.24, 2.45) is 0 Å². The Hall–Kier alpha value is -2.24. The lowest BCUT2D eigenvalue weighted by molar-refractivity contribution is -0.130. The molecule has 0 fully saturated rings. The number of hydrogen-bond acceptors (Lipinski definition) is 3. The first-order valence-corrected chi connectivity index (χ1v) is 13.0. The second kappa shape index (κ2) is 11.7. The van der Waals surface area contributed by atoms with Crippen LogP contribution >= 0.6 is 0 Å². The Morgan fingerprint density at radius 3 is 2.37 bits per heavy atom. The van der Waals surface area contributed by atoms with Crippen molar-refractivity contribution in [3.05, 3.63) is 69.8 Å². The molecule has 0 N–H and O–H groups in total. The molecule has 35 heavy (non-hydrogen) atoms. The number of likely N-dealkylation sites (N-methyl/N-ethyl adjacent to an activating group) is 2. The molecule has 2 aromatic carbocycles. The van der Waals surface area contributed by atoms with E-state index in [4.69, 9.17) is 0 Å². The smallest absolute Gasteiger partial charge is 0.236 e. The van der Waals surface area contributed by atoms with Gasteiger partial charge in [-0.15, -0.1) is 0 Å². The molecule has 0 spiro atoms. The molecule has 0 atom stereocenters. The molecule has 4 nitrogen and oxygen atoms in total. The van der Waals surface area contributed by atoms with Crippen molar-refractivity contribution >= 4 is 5.91 Å². The lowest BCUT2D eigenvalue weighted by atomic mass is 9.81. The third-order valence-corrected chi connectivity index (χ3v) is 7.65. The summed E-state index contributed by atoms with van der Waals surface area (Å²) in [7, 11) is 3.53. The van der Waals surface area contributed by atoms with Crippen LogP contribution in [-0.2, 0) is 36.4 Å². The molecular formula is C30H44FN3O. The lowest BCUT2D eigenvalue weighted by Gasteiger charge is -2.43. The maximum Gasteiger partial charge on any atom is 0.236 e. The fourth-order valence-corrected chi connectivity index (χ4v) is 5.25. The number of benzene rings is 2. The SMILES string of the molecule is CCN1CCc2cc(C(C)C)ccc2C1(C)C.CN(C)C(=O)CN1CCc2ccc(CF)cc2C1. The predicted octanol–water partition coefficient (Wildman–Crippen LogP) is 5.53. The molecule has 1 amide bonds. The number of fused-ring (bicyclic) bond motifs is 2. The molecule has 0 bridgehead atoms. The second-order valence-electron chi connectivity index (χ2n) is 10.9. The molecule has 0 aliphatic carbocycles. The van der Waals surface area contributed by atoms with Crippen LogP contribution in [-0.4, -0.2) is 60.9 Å². The van der Waals surface area contributed by atoms with E-state index in [-0.39, 0.29) is 11.4 Å². The molecule has 2 heterocycles. The zero-order valence-corrected chi connectivity index (χ0v) is 22.8. The van der Waals surface area contributed by atoms with E-state index in [0.717, 1.165) is 37.2 Å². The van der Waals surface area contributed by atoms with Crippen LogP contribution in [0, 0.1) is 0 Å². The van der Waals surface area contributed by atoms with Gasteiger partial charge in [-0.1, -0.05) is 57.2 Å². The van der Waals surface area contributed by atoms with Crippen LogP contribution in [0.4, 0.5) is 4.39 Å². The van der Waals surface area contributed by atoms with Gasteiger partial charge in [0.15, 0.2) is 0 Å². The minimum atomic E-state index is -0.427. The third-order valence-electron chi connectivity index (χ3n) is 7.65. The highest BCUT2D eigenvalue weighted by Gasteiger charge is 2.33. The fourth-order valence-electron chi connectivity index (χ4n) is 5.25. The molecule has 5 heteroatoms. The van der Waals surface area contributed by atoms with Crippen molar-refractivity contribution < 1.29 is 9.18 Å². The number of rotatable bonds is 5. The molecule has 0 unspecified atom stereocenters. The molecule has 4 rings (SSSR count). The van der Waals surface area contributed by atoms with Crippen LogP contribution in [0.25, 0.3) is 0 Å². The minimum Gasteiger partial charge on any atom is -0.348 e.